The molecule has 6 nitrogen and oxygen atoms in total. The summed E-state index contributed by atoms with van der Waals surface area (Å²) in [6, 6.07) is 12.4. The molecule has 0 radical (unpaired) electrons. The Balaban J connectivity index is 1.70. The van der Waals surface area contributed by atoms with Gasteiger partial charge in [-0.1, -0.05) is 12.1 Å². The molecule has 2 aromatic carbocycles. The van der Waals surface area contributed by atoms with Crippen LogP contribution in [0.2, 0.25) is 0 Å². The molecule has 0 bridgehead atoms. The van der Waals surface area contributed by atoms with Gasteiger partial charge in [0.2, 0.25) is 5.91 Å². The topological polar surface area (TPSA) is 75.7 Å². The quantitative estimate of drug-likeness (QED) is 0.668. The van der Waals surface area contributed by atoms with E-state index in [0.717, 1.165) is 16.8 Å². The van der Waals surface area contributed by atoms with Crippen LogP contribution in [0.5, 0.6) is 0 Å². The van der Waals surface area contributed by atoms with Gasteiger partial charge in [-0.2, -0.15) is 0 Å². The number of hydrogen-bond donors (Lipinski definition) is 1. The predicted octanol–water partition coefficient (Wildman–Crippen LogP) is 3.03. The van der Waals surface area contributed by atoms with Crippen molar-refractivity contribution in [1.29, 1.82) is 0 Å². The highest BCUT2D eigenvalue weighted by Gasteiger charge is 2.24. The van der Waals surface area contributed by atoms with E-state index in [1.165, 1.54) is 20.1 Å². The molecule has 1 heterocycles. The van der Waals surface area contributed by atoms with Crippen LogP contribution < -0.4 is 10.2 Å². The summed E-state index contributed by atoms with van der Waals surface area (Å²) in [6.07, 6.45) is 3.96. The fourth-order valence-corrected chi connectivity index (χ4v) is 3.01. The standard InChI is InChI=1S/C21H20N2O4/c1-14(24)22-18-7-3-15(4-8-18)5-10-20(25)23-12-11-16-13-17(21(26)27-2)6-9-19(16)23/h3-10,13H,11-12H2,1-2H3,(H,22,24). The number of nitrogens with one attached hydrogen (secondary N) is 1. The van der Waals surface area contributed by atoms with Gasteiger partial charge in [0, 0.05) is 30.9 Å². The van der Waals surface area contributed by atoms with Crippen molar-refractivity contribution in [3.63, 3.8) is 0 Å². The number of carbonyl (C=O) groups excluding carboxylic acids is 3. The van der Waals surface area contributed by atoms with Crippen LogP contribution in [-0.2, 0) is 20.7 Å². The summed E-state index contributed by atoms with van der Waals surface area (Å²) < 4.78 is 4.73. The molecule has 0 unspecified atom stereocenters. The van der Waals surface area contributed by atoms with Gasteiger partial charge in [0.15, 0.2) is 0 Å². The molecule has 1 aliphatic heterocycles. The second-order valence-electron chi connectivity index (χ2n) is 6.21. The Hall–Kier alpha value is -3.41. The minimum absolute atomic E-state index is 0.120. The lowest BCUT2D eigenvalue weighted by Crippen LogP contribution is -2.26. The second kappa shape index (κ2) is 7.86. The van der Waals surface area contributed by atoms with Crippen LogP contribution in [0.1, 0.15) is 28.4 Å². The minimum atomic E-state index is -0.384. The smallest absolute Gasteiger partial charge is 0.337 e. The van der Waals surface area contributed by atoms with Crippen molar-refractivity contribution in [3.05, 3.63) is 65.2 Å². The van der Waals surface area contributed by atoms with Crippen molar-refractivity contribution in [1.82, 2.24) is 0 Å². The van der Waals surface area contributed by atoms with E-state index in [1.807, 2.05) is 12.1 Å². The highest BCUT2D eigenvalue weighted by molar-refractivity contribution is 6.05. The molecule has 0 atom stereocenters. The normalized spacial score (nSPS) is 12.7. The van der Waals surface area contributed by atoms with Gasteiger partial charge in [-0.05, 0) is 54.0 Å². The fourth-order valence-electron chi connectivity index (χ4n) is 3.01. The number of amides is 2. The Morgan fingerprint density at radius 3 is 2.52 bits per heavy atom. The van der Waals surface area contributed by atoms with E-state index in [0.29, 0.717) is 24.2 Å². The maximum atomic E-state index is 12.6. The highest BCUT2D eigenvalue weighted by Crippen LogP contribution is 2.29. The summed E-state index contributed by atoms with van der Waals surface area (Å²) in [7, 11) is 1.35. The Morgan fingerprint density at radius 2 is 1.85 bits per heavy atom. The van der Waals surface area contributed by atoms with Crippen molar-refractivity contribution in [2.75, 3.05) is 23.9 Å². The van der Waals surface area contributed by atoms with Gasteiger partial charge in [0.05, 0.1) is 12.7 Å². The van der Waals surface area contributed by atoms with Crippen molar-refractivity contribution in [2.24, 2.45) is 0 Å². The first-order valence-electron chi connectivity index (χ1n) is 8.56. The minimum Gasteiger partial charge on any atom is -0.465 e. The second-order valence-corrected chi connectivity index (χ2v) is 6.21. The van der Waals surface area contributed by atoms with Gasteiger partial charge in [-0.15, -0.1) is 0 Å². The Labute approximate surface area is 157 Å². The highest BCUT2D eigenvalue weighted by atomic mass is 16.5. The van der Waals surface area contributed by atoms with E-state index in [2.05, 4.69) is 5.32 Å². The number of nitrogens with zero attached hydrogens (tertiary/aromatic N) is 1. The molecular formula is C21H20N2O4. The Kier molecular flexibility index (Phi) is 5.35. The summed E-state index contributed by atoms with van der Waals surface area (Å²) in [5, 5.41) is 2.70. The molecule has 0 saturated carbocycles. The summed E-state index contributed by atoms with van der Waals surface area (Å²) in [5.74, 6) is -0.632. The third kappa shape index (κ3) is 4.23. The number of methoxy groups -OCH3 is 1. The van der Waals surface area contributed by atoms with E-state index < -0.39 is 0 Å². The van der Waals surface area contributed by atoms with Crippen LogP contribution in [0, 0.1) is 0 Å². The molecule has 27 heavy (non-hydrogen) atoms. The van der Waals surface area contributed by atoms with Gasteiger partial charge in [0.1, 0.15) is 0 Å². The van der Waals surface area contributed by atoms with Crippen LogP contribution in [0.4, 0.5) is 11.4 Å². The van der Waals surface area contributed by atoms with Gasteiger partial charge in [-0.25, -0.2) is 4.79 Å². The number of rotatable bonds is 4. The number of fused-ring (bicyclic) bond motifs is 1. The Bertz CT molecular complexity index is 916. The van der Waals surface area contributed by atoms with Crippen molar-refractivity contribution < 1.29 is 19.1 Å². The lowest BCUT2D eigenvalue weighted by molar-refractivity contribution is -0.114. The average molecular weight is 364 g/mol. The Morgan fingerprint density at radius 1 is 1.11 bits per heavy atom. The van der Waals surface area contributed by atoms with Gasteiger partial charge < -0.3 is 15.0 Å². The zero-order valence-electron chi connectivity index (χ0n) is 15.2. The molecule has 138 valence electrons. The maximum Gasteiger partial charge on any atom is 0.337 e. The zero-order valence-corrected chi connectivity index (χ0v) is 15.2. The SMILES string of the molecule is COC(=O)c1ccc2c(c1)CCN2C(=O)C=Cc1ccc(NC(C)=O)cc1. The molecule has 0 aromatic heterocycles. The van der Waals surface area contributed by atoms with E-state index in [1.54, 1.807) is 41.3 Å². The third-order valence-corrected chi connectivity index (χ3v) is 4.31. The summed E-state index contributed by atoms with van der Waals surface area (Å²) in [4.78, 5) is 36.9. The van der Waals surface area contributed by atoms with Crippen molar-refractivity contribution in [3.8, 4) is 0 Å². The maximum absolute atomic E-state index is 12.6. The largest absolute Gasteiger partial charge is 0.465 e. The first kappa shape index (κ1) is 18.4. The van der Waals surface area contributed by atoms with Crippen molar-refractivity contribution >= 4 is 35.2 Å². The van der Waals surface area contributed by atoms with Gasteiger partial charge in [-0.3, -0.25) is 9.59 Å². The zero-order chi connectivity index (χ0) is 19.4. The molecule has 1 aliphatic rings. The first-order chi connectivity index (χ1) is 13.0. The lowest BCUT2D eigenvalue weighted by Gasteiger charge is -2.15. The number of esters is 1. The van der Waals surface area contributed by atoms with E-state index in [9.17, 15) is 14.4 Å². The summed E-state index contributed by atoms with van der Waals surface area (Å²) in [5.41, 5.74) is 3.83. The number of anilines is 2. The van der Waals surface area contributed by atoms with Crippen LogP contribution in [-0.4, -0.2) is 31.4 Å². The molecule has 6 heteroatoms. The van der Waals surface area contributed by atoms with Crippen LogP contribution in [0.25, 0.3) is 6.08 Å². The molecule has 0 aliphatic carbocycles. The first-order valence-corrected chi connectivity index (χ1v) is 8.56. The molecule has 0 saturated heterocycles. The van der Waals surface area contributed by atoms with Crippen LogP contribution in [0.15, 0.2) is 48.5 Å². The number of benzene rings is 2. The van der Waals surface area contributed by atoms with E-state index in [4.69, 9.17) is 4.74 Å². The summed E-state index contributed by atoms with van der Waals surface area (Å²) in [6.45, 7) is 2.03. The third-order valence-electron chi connectivity index (χ3n) is 4.31. The molecule has 0 fully saturated rings. The molecular weight excluding hydrogens is 344 g/mol. The molecule has 0 spiro atoms. The van der Waals surface area contributed by atoms with Crippen LogP contribution in [0.3, 0.4) is 0 Å². The number of ether oxygens (including phenoxy) is 1. The predicted molar refractivity (Wildman–Crippen MR) is 104 cm³/mol. The number of hydrogen-bond acceptors (Lipinski definition) is 4. The summed E-state index contributed by atoms with van der Waals surface area (Å²) >= 11 is 0. The van der Waals surface area contributed by atoms with Gasteiger partial charge >= 0.3 is 5.97 Å². The molecule has 2 aromatic rings. The van der Waals surface area contributed by atoms with Crippen LogP contribution >= 0.6 is 0 Å². The van der Waals surface area contributed by atoms with E-state index >= 15 is 0 Å². The number of carbonyl (C=O) groups is 3. The van der Waals surface area contributed by atoms with E-state index in [-0.39, 0.29) is 17.8 Å². The molecule has 2 amide bonds. The van der Waals surface area contributed by atoms with Gasteiger partial charge in [0.25, 0.3) is 5.91 Å². The average Bonchev–Trinajstić information content (AvgIpc) is 3.09. The molecule has 1 N–H and O–H groups in total. The fraction of sp³-hybridized carbons (Fsp3) is 0.190. The lowest BCUT2D eigenvalue weighted by atomic mass is 10.1. The molecule has 3 rings (SSSR count). The monoisotopic (exact) mass is 364 g/mol. The van der Waals surface area contributed by atoms with Crippen molar-refractivity contribution in [2.45, 2.75) is 13.3 Å².